The van der Waals surface area contributed by atoms with E-state index < -0.39 is 16.2 Å². The molecule has 154 valence electrons. The maximum absolute atomic E-state index is 13.2. The number of rotatable bonds is 4. The van der Waals surface area contributed by atoms with Crippen molar-refractivity contribution in [1.82, 2.24) is 14.1 Å². The zero-order valence-electron chi connectivity index (χ0n) is 16.6. The van der Waals surface area contributed by atoms with Gasteiger partial charge in [-0.05, 0) is 36.5 Å². The molecule has 0 aromatic heterocycles. The summed E-state index contributed by atoms with van der Waals surface area (Å²) >= 11 is 0. The van der Waals surface area contributed by atoms with Crippen LogP contribution in [0.5, 0.6) is 0 Å². The molecule has 2 heterocycles. The van der Waals surface area contributed by atoms with E-state index in [4.69, 9.17) is 0 Å². The van der Waals surface area contributed by atoms with Crippen molar-refractivity contribution in [3.63, 3.8) is 0 Å². The maximum Gasteiger partial charge on any atom is 0.266 e. The van der Waals surface area contributed by atoms with Crippen LogP contribution in [0.2, 0.25) is 0 Å². The molecule has 1 aromatic carbocycles. The van der Waals surface area contributed by atoms with Crippen molar-refractivity contribution in [3.05, 3.63) is 29.8 Å². The minimum absolute atomic E-state index is 0.314. The Bertz CT molecular complexity index is 826. The summed E-state index contributed by atoms with van der Waals surface area (Å²) in [5.74, 6) is 0.921. The van der Waals surface area contributed by atoms with Gasteiger partial charge in [0.15, 0.2) is 0 Å². The molecule has 0 N–H and O–H groups in total. The third-order valence-electron chi connectivity index (χ3n) is 6.08. The van der Waals surface area contributed by atoms with E-state index in [0.717, 1.165) is 31.7 Å². The second kappa shape index (κ2) is 7.63. The Morgan fingerprint density at radius 1 is 1.04 bits per heavy atom. The van der Waals surface area contributed by atoms with Gasteiger partial charge in [-0.25, -0.2) is 17.1 Å². The van der Waals surface area contributed by atoms with E-state index in [2.05, 4.69) is 28.6 Å². The lowest BCUT2D eigenvalue weighted by atomic mass is 9.89. The Morgan fingerprint density at radius 2 is 1.68 bits per heavy atom. The van der Waals surface area contributed by atoms with Crippen LogP contribution in [-0.2, 0) is 10.0 Å². The number of aliphatic imine (C=N–C) groups is 1. The lowest BCUT2D eigenvalue weighted by Crippen LogP contribution is -2.57. The number of halogens is 1. The molecule has 0 spiro atoms. The average Bonchev–Trinajstić information content (AvgIpc) is 3.16. The molecule has 2 fully saturated rings. The topological polar surface area (TPSA) is 56.2 Å². The third-order valence-corrected chi connectivity index (χ3v) is 7.88. The molecular formula is C20H29FN4O2S. The van der Waals surface area contributed by atoms with Crippen molar-refractivity contribution in [2.24, 2.45) is 4.99 Å². The van der Waals surface area contributed by atoms with Crippen LogP contribution in [0.1, 0.15) is 38.2 Å². The van der Waals surface area contributed by atoms with Crippen molar-refractivity contribution in [1.29, 1.82) is 0 Å². The molecule has 1 aliphatic carbocycles. The summed E-state index contributed by atoms with van der Waals surface area (Å²) in [6, 6.07) is 7.52. The predicted molar refractivity (Wildman–Crippen MR) is 108 cm³/mol. The second-order valence-electron chi connectivity index (χ2n) is 8.23. The SMILES string of the molecule is CC(C)c1ccc(S(=O)(=O)N2CCN=C2N2CCN(C3CC(F)C3)CC2)cc1. The molecule has 0 bridgehead atoms. The highest BCUT2D eigenvalue weighted by Crippen LogP contribution is 2.29. The molecular weight excluding hydrogens is 379 g/mol. The fourth-order valence-corrected chi connectivity index (χ4v) is 5.61. The Hall–Kier alpha value is -1.67. The van der Waals surface area contributed by atoms with E-state index in [9.17, 15) is 12.8 Å². The summed E-state index contributed by atoms with van der Waals surface area (Å²) in [6.07, 6.45) is 0.617. The number of guanidine groups is 1. The predicted octanol–water partition coefficient (Wildman–Crippen LogP) is 2.29. The quantitative estimate of drug-likeness (QED) is 0.767. The largest absolute Gasteiger partial charge is 0.339 e. The Morgan fingerprint density at radius 3 is 2.25 bits per heavy atom. The lowest BCUT2D eigenvalue weighted by molar-refractivity contribution is 0.0312. The zero-order chi connectivity index (χ0) is 19.9. The molecule has 3 aliphatic rings. The fourth-order valence-electron chi connectivity index (χ4n) is 4.16. The normalized spacial score (nSPS) is 26.5. The minimum atomic E-state index is -3.61. The number of sulfonamides is 1. The van der Waals surface area contributed by atoms with Gasteiger partial charge in [0.2, 0.25) is 5.96 Å². The average molecular weight is 409 g/mol. The monoisotopic (exact) mass is 408 g/mol. The van der Waals surface area contributed by atoms with Gasteiger partial charge in [-0.3, -0.25) is 9.89 Å². The highest BCUT2D eigenvalue weighted by atomic mass is 32.2. The molecule has 0 radical (unpaired) electrons. The Balaban J connectivity index is 1.44. The van der Waals surface area contributed by atoms with Crippen molar-refractivity contribution in [2.75, 3.05) is 39.3 Å². The number of hydrogen-bond donors (Lipinski definition) is 0. The number of hydrogen-bond acceptors (Lipinski definition) is 5. The molecule has 8 heteroatoms. The Kier molecular flexibility index (Phi) is 5.35. The van der Waals surface area contributed by atoms with E-state index >= 15 is 0 Å². The first-order valence-corrected chi connectivity index (χ1v) is 11.6. The number of benzene rings is 1. The van der Waals surface area contributed by atoms with Crippen molar-refractivity contribution in [3.8, 4) is 0 Å². The summed E-state index contributed by atoms with van der Waals surface area (Å²) < 4.78 is 41.0. The smallest absolute Gasteiger partial charge is 0.266 e. The molecule has 0 atom stereocenters. The molecule has 4 rings (SSSR count). The van der Waals surface area contributed by atoms with Gasteiger partial charge < -0.3 is 4.90 Å². The van der Waals surface area contributed by atoms with Gasteiger partial charge in [-0.15, -0.1) is 0 Å². The van der Waals surface area contributed by atoms with Crippen LogP contribution in [0.3, 0.4) is 0 Å². The molecule has 28 heavy (non-hydrogen) atoms. The van der Waals surface area contributed by atoms with Crippen LogP contribution in [0.25, 0.3) is 0 Å². The number of nitrogens with zero attached hydrogens (tertiary/aromatic N) is 4. The van der Waals surface area contributed by atoms with Gasteiger partial charge in [-0.2, -0.15) is 0 Å². The second-order valence-corrected chi connectivity index (χ2v) is 10.1. The summed E-state index contributed by atoms with van der Waals surface area (Å²) in [6.45, 7) is 8.16. The molecule has 0 unspecified atom stereocenters. The van der Waals surface area contributed by atoms with E-state index in [1.54, 1.807) is 12.1 Å². The molecule has 1 saturated carbocycles. The van der Waals surface area contributed by atoms with E-state index in [1.807, 2.05) is 12.1 Å². The van der Waals surface area contributed by atoms with Gasteiger partial charge in [0.05, 0.1) is 18.0 Å². The van der Waals surface area contributed by atoms with Crippen molar-refractivity contribution >= 4 is 16.0 Å². The van der Waals surface area contributed by atoms with Gasteiger partial charge in [0.25, 0.3) is 10.0 Å². The molecule has 6 nitrogen and oxygen atoms in total. The maximum atomic E-state index is 13.2. The first-order valence-electron chi connectivity index (χ1n) is 10.2. The van der Waals surface area contributed by atoms with Crippen LogP contribution in [0, 0.1) is 0 Å². The standard InChI is InChI=1S/C20H29FN4O2S/c1-15(2)16-3-5-19(6-4-16)28(26,27)25-8-7-22-20(25)24-11-9-23(10-12-24)18-13-17(21)14-18/h3-6,15,17-18H,7-14H2,1-2H3. The minimum Gasteiger partial charge on any atom is -0.339 e. The number of alkyl halides is 1. The van der Waals surface area contributed by atoms with Crippen LogP contribution in [0.4, 0.5) is 4.39 Å². The van der Waals surface area contributed by atoms with Crippen molar-refractivity contribution < 1.29 is 12.8 Å². The van der Waals surface area contributed by atoms with Gasteiger partial charge in [0.1, 0.15) is 6.17 Å². The van der Waals surface area contributed by atoms with E-state index in [-0.39, 0.29) is 0 Å². The van der Waals surface area contributed by atoms with Crippen LogP contribution < -0.4 is 0 Å². The van der Waals surface area contributed by atoms with Gasteiger partial charge in [-0.1, -0.05) is 26.0 Å². The summed E-state index contributed by atoms with van der Waals surface area (Å²) in [5, 5.41) is 0. The summed E-state index contributed by atoms with van der Waals surface area (Å²) in [4.78, 5) is 9.21. The van der Waals surface area contributed by atoms with Crippen LogP contribution in [0.15, 0.2) is 34.2 Å². The highest BCUT2D eigenvalue weighted by molar-refractivity contribution is 7.89. The fraction of sp³-hybridized carbons (Fsp3) is 0.650. The van der Waals surface area contributed by atoms with E-state index in [1.165, 1.54) is 4.31 Å². The van der Waals surface area contributed by atoms with Crippen LogP contribution in [-0.4, -0.2) is 80.0 Å². The van der Waals surface area contributed by atoms with Gasteiger partial charge >= 0.3 is 0 Å². The summed E-state index contributed by atoms with van der Waals surface area (Å²) in [7, 11) is -3.61. The van der Waals surface area contributed by atoms with E-state index in [0.29, 0.717) is 48.7 Å². The zero-order valence-corrected chi connectivity index (χ0v) is 17.4. The lowest BCUT2D eigenvalue weighted by Gasteiger charge is -2.45. The van der Waals surface area contributed by atoms with Gasteiger partial charge in [0, 0.05) is 32.2 Å². The summed E-state index contributed by atoms with van der Waals surface area (Å²) in [5.41, 5.74) is 1.12. The first-order chi connectivity index (χ1) is 13.4. The molecule has 2 aliphatic heterocycles. The Labute approximate surface area is 167 Å². The molecule has 1 saturated heterocycles. The molecule has 1 aromatic rings. The third kappa shape index (κ3) is 3.64. The van der Waals surface area contributed by atoms with Crippen LogP contribution >= 0.6 is 0 Å². The highest BCUT2D eigenvalue weighted by Gasteiger charge is 2.38. The molecule has 0 amide bonds. The first kappa shape index (κ1) is 19.6. The number of piperazine rings is 1. The van der Waals surface area contributed by atoms with Crippen molar-refractivity contribution in [2.45, 2.75) is 49.7 Å².